The van der Waals surface area contributed by atoms with Gasteiger partial charge in [0.05, 0.1) is 29.7 Å². The lowest BCUT2D eigenvalue weighted by molar-refractivity contribution is -0.147. The number of anilines is 1. The van der Waals surface area contributed by atoms with Crippen LogP contribution < -0.4 is 10.6 Å². The number of nitrogens with one attached hydrogen (secondary N) is 2. The molecule has 2 aliphatic heterocycles. The summed E-state index contributed by atoms with van der Waals surface area (Å²) in [6, 6.07) is 0.127. The van der Waals surface area contributed by atoms with E-state index in [9.17, 15) is 19.5 Å². The molecule has 4 rings (SSSR count). The van der Waals surface area contributed by atoms with E-state index in [0.29, 0.717) is 25.1 Å². The monoisotopic (exact) mass is 404 g/mol. The molecule has 1 aromatic heterocycles. The molecule has 3 aliphatic rings. The van der Waals surface area contributed by atoms with E-state index in [1.165, 1.54) is 6.42 Å². The van der Waals surface area contributed by atoms with Crippen LogP contribution >= 0.6 is 0 Å². The molecule has 0 aromatic carbocycles. The van der Waals surface area contributed by atoms with Crippen LogP contribution in [0.15, 0.2) is 6.20 Å². The number of carbonyl (C=O) groups is 3. The lowest BCUT2D eigenvalue weighted by atomic mass is 9.78. The largest absolute Gasteiger partial charge is 0.481 e. The number of fused-ring (bicyclic) bond motifs is 2. The van der Waals surface area contributed by atoms with Gasteiger partial charge in [0.25, 0.3) is 5.91 Å². The summed E-state index contributed by atoms with van der Waals surface area (Å²) in [6.45, 7) is 2.44. The Kier molecular flexibility index (Phi) is 5.58. The molecule has 3 heterocycles. The SMILES string of the molecule is CCn1cc(NC(=O)[C@H]2[C@@H](C(=O)O)[C@@H]3CC[C@@H]2O3)c(C(=O)NC2CCCCC2)n1. The third-order valence-corrected chi connectivity index (χ3v) is 6.36. The topological polar surface area (TPSA) is 123 Å². The number of aromatic nitrogens is 2. The highest BCUT2D eigenvalue weighted by atomic mass is 16.5. The maximum atomic E-state index is 13.0. The van der Waals surface area contributed by atoms with Crippen molar-refractivity contribution in [3.8, 4) is 0 Å². The molecule has 2 amide bonds. The van der Waals surface area contributed by atoms with Crippen molar-refractivity contribution in [1.82, 2.24) is 15.1 Å². The highest BCUT2D eigenvalue weighted by molar-refractivity contribution is 6.03. The van der Waals surface area contributed by atoms with Crippen molar-refractivity contribution >= 4 is 23.5 Å². The van der Waals surface area contributed by atoms with E-state index in [1.54, 1.807) is 10.9 Å². The number of carboxylic acids is 1. The zero-order chi connectivity index (χ0) is 20.5. The molecular formula is C20H28N4O5. The van der Waals surface area contributed by atoms with Crippen molar-refractivity contribution < 1.29 is 24.2 Å². The number of carboxylic acid groups (broad SMARTS) is 1. The second-order valence-electron chi connectivity index (χ2n) is 8.22. The van der Waals surface area contributed by atoms with Crippen LogP contribution in [0.25, 0.3) is 0 Å². The summed E-state index contributed by atoms with van der Waals surface area (Å²) >= 11 is 0. The summed E-state index contributed by atoms with van der Waals surface area (Å²) < 4.78 is 7.28. The van der Waals surface area contributed by atoms with Crippen molar-refractivity contribution in [2.75, 3.05) is 5.32 Å². The fourth-order valence-corrected chi connectivity index (χ4v) is 4.88. The number of nitrogens with zero attached hydrogens (tertiary/aromatic N) is 2. The van der Waals surface area contributed by atoms with Crippen LogP contribution in [0.1, 0.15) is 62.4 Å². The first-order valence-corrected chi connectivity index (χ1v) is 10.6. The Hall–Kier alpha value is -2.42. The van der Waals surface area contributed by atoms with Crippen LogP contribution in [-0.2, 0) is 20.9 Å². The number of rotatable bonds is 6. The van der Waals surface area contributed by atoms with E-state index in [-0.39, 0.29) is 23.7 Å². The second kappa shape index (κ2) is 8.14. The molecule has 1 saturated carbocycles. The molecule has 4 atom stereocenters. The number of ether oxygens (including phenoxy) is 1. The van der Waals surface area contributed by atoms with Crippen LogP contribution in [0.4, 0.5) is 5.69 Å². The molecule has 1 aliphatic carbocycles. The zero-order valence-electron chi connectivity index (χ0n) is 16.6. The third kappa shape index (κ3) is 3.88. The van der Waals surface area contributed by atoms with Gasteiger partial charge in [-0.05, 0) is 32.6 Å². The smallest absolute Gasteiger partial charge is 0.310 e. The Morgan fingerprint density at radius 2 is 1.83 bits per heavy atom. The van der Waals surface area contributed by atoms with Crippen LogP contribution in [0, 0.1) is 11.8 Å². The summed E-state index contributed by atoms with van der Waals surface area (Å²) in [5.74, 6) is -3.36. The van der Waals surface area contributed by atoms with Gasteiger partial charge in [-0.25, -0.2) is 0 Å². The first-order valence-electron chi connectivity index (χ1n) is 10.6. The maximum absolute atomic E-state index is 13.0. The van der Waals surface area contributed by atoms with Gasteiger partial charge in [0.1, 0.15) is 0 Å². The maximum Gasteiger partial charge on any atom is 0.310 e. The molecular weight excluding hydrogens is 376 g/mol. The Morgan fingerprint density at radius 3 is 2.48 bits per heavy atom. The average molecular weight is 404 g/mol. The first-order chi connectivity index (χ1) is 14.0. The average Bonchev–Trinajstić information content (AvgIpc) is 3.42. The molecule has 2 saturated heterocycles. The predicted octanol–water partition coefficient (Wildman–Crippen LogP) is 1.78. The predicted molar refractivity (Wildman–Crippen MR) is 103 cm³/mol. The zero-order valence-corrected chi connectivity index (χ0v) is 16.6. The summed E-state index contributed by atoms with van der Waals surface area (Å²) in [5, 5.41) is 19.7. The lowest BCUT2D eigenvalue weighted by Gasteiger charge is -2.24. The quantitative estimate of drug-likeness (QED) is 0.664. The summed E-state index contributed by atoms with van der Waals surface area (Å²) in [7, 11) is 0. The van der Waals surface area contributed by atoms with Crippen molar-refractivity contribution in [2.24, 2.45) is 11.8 Å². The number of carbonyl (C=O) groups excluding carboxylic acids is 2. The minimum absolute atomic E-state index is 0.127. The van der Waals surface area contributed by atoms with Crippen LogP contribution in [0.2, 0.25) is 0 Å². The minimum atomic E-state index is -1.02. The molecule has 29 heavy (non-hydrogen) atoms. The minimum Gasteiger partial charge on any atom is -0.481 e. The van der Waals surface area contributed by atoms with E-state index >= 15 is 0 Å². The van der Waals surface area contributed by atoms with E-state index < -0.39 is 29.8 Å². The van der Waals surface area contributed by atoms with Gasteiger partial charge in [-0.1, -0.05) is 19.3 Å². The molecule has 158 valence electrons. The van der Waals surface area contributed by atoms with Crippen LogP contribution in [0.5, 0.6) is 0 Å². The van der Waals surface area contributed by atoms with Gasteiger partial charge >= 0.3 is 5.97 Å². The summed E-state index contributed by atoms with van der Waals surface area (Å²) in [5.41, 5.74) is 0.485. The van der Waals surface area contributed by atoms with E-state index in [4.69, 9.17) is 4.74 Å². The first kappa shape index (κ1) is 19.9. The Labute approximate surface area is 169 Å². The lowest BCUT2D eigenvalue weighted by Crippen LogP contribution is -2.41. The summed E-state index contributed by atoms with van der Waals surface area (Å²) in [4.78, 5) is 37.4. The fraction of sp³-hybridized carbons (Fsp3) is 0.700. The molecule has 1 aromatic rings. The molecule has 0 spiro atoms. The number of amides is 2. The number of hydrogen-bond donors (Lipinski definition) is 3. The second-order valence-corrected chi connectivity index (χ2v) is 8.22. The van der Waals surface area contributed by atoms with E-state index in [1.807, 2.05) is 6.92 Å². The van der Waals surface area contributed by atoms with Gasteiger partial charge in [0.2, 0.25) is 5.91 Å². The standard InChI is InChI=1S/C20H28N4O5/c1-2-24-10-12(17(23-24)19(26)21-11-6-4-3-5-7-11)22-18(25)15-13-8-9-14(29-13)16(15)20(27)28/h10-11,13-16H,2-9H2,1H3,(H,21,26)(H,22,25)(H,27,28)/t13-,14-,15+,16-/m0/s1. The fourth-order valence-electron chi connectivity index (χ4n) is 4.88. The molecule has 0 radical (unpaired) electrons. The molecule has 9 heteroatoms. The van der Waals surface area contributed by atoms with Crippen LogP contribution in [-0.4, -0.2) is 50.9 Å². The van der Waals surface area contributed by atoms with E-state index in [2.05, 4.69) is 15.7 Å². The normalized spacial score (nSPS) is 29.0. The molecule has 9 nitrogen and oxygen atoms in total. The van der Waals surface area contributed by atoms with Crippen molar-refractivity contribution in [3.05, 3.63) is 11.9 Å². The van der Waals surface area contributed by atoms with Crippen LogP contribution in [0.3, 0.4) is 0 Å². The number of aryl methyl sites for hydroxylation is 1. The molecule has 2 bridgehead atoms. The van der Waals surface area contributed by atoms with E-state index in [0.717, 1.165) is 25.7 Å². The van der Waals surface area contributed by atoms with Crippen molar-refractivity contribution in [2.45, 2.75) is 76.7 Å². The number of aliphatic carboxylic acids is 1. The van der Waals surface area contributed by atoms with Gasteiger partial charge in [0, 0.05) is 18.8 Å². The van der Waals surface area contributed by atoms with Gasteiger partial charge in [0.15, 0.2) is 5.69 Å². The Bertz CT molecular complexity index is 801. The summed E-state index contributed by atoms with van der Waals surface area (Å²) in [6.07, 6.45) is 7.44. The highest BCUT2D eigenvalue weighted by Gasteiger charge is 2.55. The van der Waals surface area contributed by atoms with Gasteiger partial charge in [-0.15, -0.1) is 0 Å². The van der Waals surface area contributed by atoms with Gasteiger partial charge < -0.3 is 20.5 Å². The molecule has 3 fully saturated rings. The van der Waals surface area contributed by atoms with Crippen molar-refractivity contribution in [1.29, 1.82) is 0 Å². The third-order valence-electron chi connectivity index (χ3n) is 6.36. The van der Waals surface area contributed by atoms with Crippen molar-refractivity contribution in [3.63, 3.8) is 0 Å². The number of hydrogen-bond acceptors (Lipinski definition) is 5. The Balaban J connectivity index is 1.50. The Morgan fingerprint density at radius 1 is 1.14 bits per heavy atom. The highest BCUT2D eigenvalue weighted by Crippen LogP contribution is 2.44. The molecule has 3 N–H and O–H groups in total. The molecule has 0 unspecified atom stereocenters. The van der Waals surface area contributed by atoms with Gasteiger partial charge in [-0.3, -0.25) is 19.1 Å². The van der Waals surface area contributed by atoms with Gasteiger partial charge in [-0.2, -0.15) is 5.10 Å².